The van der Waals surface area contributed by atoms with E-state index in [-0.39, 0.29) is 24.6 Å². The van der Waals surface area contributed by atoms with E-state index in [1.807, 2.05) is 6.07 Å². The van der Waals surface area contributed by atoms with Crippen LogP contribution in [0.2, 0.25) is 0 Å². The lowest BCUT2D eigenvalue weighted by Crippen LogP contribution is -2.46. The minimum atomic E-state index is -0.448. The molecule has 8 heteroatoms. The molecule has 34 heavy (non-hydrogen) atoms. The number of carbonyl (C=O) groups is 1. The van der Waals surface area contributed by atoms with Crippen molar-refractivity contribution < 1.29 is 4.79 Å². The summed E-state index contributed by atoms with van der Waals surface area (Å²) in [7, 11) is 0. The van der Waals surface area contributed by atoms with Crippen LogP contribution in [0.5, 0.6) is 0 Å². The highest BCUT2D eigenvalue weighted by molar-refractivity contribution is 5.81. The maximum Gasteiger partial charge on any atom is 0.331 e. The van der Waals surface area contributed by atoms with Gasteiger partial charge in [0.2, 0.25) is 5.91 Å². The number of rotatable bonds is 9. The first kappa shape index (κ1) is 23.8. The Labute approximate surface area is 199 Å². The molecular weight excluding hydrogens is 430 g/mol. The molecule has 2 aromatic carbocycles. The summed E-state index contributed by atoms with van der Waals surface area (Å²) in [5.41, 5.74) is 1.01. The zero-order chi connectivity index (χ0) is 23.9. The molecule has 1 amide bonds. The first-order valence-corrected chi connectivity index (χ1v) is 12.1. The summed E-state index contributed by atoms with van der Waals surface area (Å²) in [6.45, 7) is 7.67. The molecule has 3 aromatic rings. The number of piperazine rings is 1. The van der Waals surface area contributed by atoms with Crippen LogP contribution in [0, 0.1) is 0 Å². The van der Waals surface area contributed by atoms with Gasteiger partial charge in [-0.3, -0.25) is 23.6 Å². The third kappa shape index (κ3) is 5.39. The lowest BCUT2D eigenvalue weighted by atomic mass is 10.2. The van der Waals surface area contributed by atoms with E-state index in [0.717, 1.165) is 45.6 Å². The van der Waals surface area contributed by atoms with Crippen LogP contribution in [0.15, 0.2) is 64.2 Å². The Morgan fingerprint density at radius 1 is 0.882 bits per heavy atom. The van der Waals surface area contributed by atoms with E-state index in [4.69, 9.17) is 0 Å². The summed E-state index contributed by atoms with van der Waals surface area (Å²) >= 11 is 0. The van der Waals surface area contributed by atoms with Gasteiger partial charge in [-0.1, -0.05) is 30.3 Å². The molecule has 0 radical (unpaired) electrons. The maximum absolute atomic E-state index is 12.8. The Balaban J connectivity index is 1.23. The van der Waals surface area contributed by atoms with Crippen molar-refractivity contribution in [2.75, 3.05) is 44.2 Å². The van der Waals surface area contributed by atoms with Crippen LogP contribution in [-0.4, -0.2) is 59.2 Å². The third-order valence-corrected chi connectivity index (χ3v) is 6.47. The zero-order valence-electron chi connectivity index (χ0n) is 19.8. The number of benzene rings is 2. The highest BCUT2D eigenvalue weighted by Crippen LogP contribution is 2.15. The Bertz CT molecular complexity index is 1230. The Morgan fingerprint density at radius 2 is 1.59 bits per heavy atom. The number of nitrogens with one attached hydrogen (secondary N) is 1. The number of amides is 1. The average Bonchev–Trinajstić information content (AvgIpc) is 2.87. The summed E-state index contributed by atoms with van der Waals surface area (Å²) < 4.78 is 2.56. The summed E-state index contributed by atoms with van der Waals surface area (Å²) in [4.78, 5) is 42.7. The molecule has 1 aliphatic heterocycles. The van der Waals surface area contributed by atoms with E-state index in [0.29, 0.717) is 17.4 Å². The van der Waals surface area contributed by atoms with Crippen LogP contribution in [0.25, 0.3) is 10.9 Å². The van der Waals surface area contributed by atoms with E-state index >= 15 is 0 Å². The summed E-state index contributed by atoms with van der Waals surface area (Å²) in [6.07, 6.45) is 1.89. The van der Waals surface area contributed by atoms with Crippen molar-refractivity contribution in [2.45, 2.75) is 32.9 Å². The Kier molecular flexibility index (Phi) is 7.80. The van der Waals surface area contributed by atoms with E-state index in [2.05, 4.69) is 39.4 Å². The van der Waals surface area contributed by atoms with Crippen LogP contribution in [0.1, 0.15) is 19.8 Å². The molecule has 0 atom stereocenters. The predicted octanol–water partition coefficient (Wildman–Crippen LogP) is 1.90. The van der Waals surface area contributed by atoms with Crippen LogP contribution >= 0.6 is 0 Å². The summed E-state index contributed by atoms with van der Waals surface area (Å²) in [5.74, 6) is -0.218. The number of carbonyl (C=O) groups excluding carboxylic acids is 1. The summed E-state index contributed by atoms with van der Waals surface area (Å²) in [5, 5.41) is 3.38. The van der Waals surface area contributed by atoms with Crippen molar-refractivity contribution in [3.8, 4) is 0 Å². The number of hydrogen-bond donors (Lipinski definition) is 1. The first-order chi connectivity index (χ1) is 16.6. The van der Waals surface area contributed by atoms with Crippen LogP contribution in [0.4, 0.5) is 5.69 Å². The highest BCUT2D eigenvalue weighted by Gasteiger charge is 2.17. The molecule has 1 saturated heterocycles. The summed E-state index contributed by atoms with van der Waals surface area (Å²) in [6, 6.07) is 17.5. The SMILES string of the molecule is CCn1c(=O)c2ccccc2n(CC(=O)NCCCCN2CCN(c3ccccc3)CC2)c1=O. The fourth-order valence-corrected chi connectivity index (χ4v) is 4.56. The van der Waals surface area contributed by atoms with E-state index < -0.39 is 5.69 Å². The van der Waals surface area contributed by atoms with Gasteiger partial charge in [-0.05, 0) is 50.6 Å². The molecular formula is C26H33N5O3. The second-order valence-electron chi connectivity index (χ2n) is 8.66. The van der Waals surface area contributed by atoms with Crippen molar-refractivity contribution in [3.05, 3.63) is 75.4 Å². The van der Waals surface area contributed by atoms with Gasteiger partial charge in [0.1, 0.15) is 6.54 Å². The molecule has 1 aliphatic rings. The number of unbranched alkanes of at least 4 members (excludes halogenated alkanes) is 1. The van der Waals surface area contributed by atoms with Crippen molar-refractivity contribution in [2.24, 2.45) is 0 Å². The van der Waals surface area contributed by atoms with Crippen LogP contribution in [-0.2, 0) is 17.9 Å². The number of para-hydroxylation sites is 2. The molecule has 2 heterocycles. The smallest absolute Gasteiger partial charge is 0.331 e. The second kappa shape index (κ2) is 11.2. The number of aromatic nitrogens is 2. The lowest BCUT2D eigenvalue weighted by Gasteiger charge is -2.36. The Morgan fingerprint density at radius 3 is 2.32 bits per heavy atom. The van der Waals surface area contributed by atoms with Gasteiger partial charge in [0.15, 0.2) is 0 Å². The van der Waals surface area contributed by atoms with Crippen LogP contribution in [0.3, 0.4) is 0 Å². The number of hydrogen-bond acceptors (Lipinski definition) is 5. The minimum Gasteiger partial charge on any atom is -0.369 e. The quantitative estimate of drug-likeness (QED) is 0.491. The van der Waals surface area contributed by atoms with Crippen molar-refractivity contribution in [1.29, 1.82) is 0 Å². The van der Waals surface area contributed by atoms with Gasteiger partial charge < -0.3 is 10.2 Å². The minimum absolute atomic E-state index is 0.0962. The fourth-order valence-electron chi connectivity index (χ4n) is 4.56. The average molecular weight is 464 g/mol. The van der Waals surface area contributed by atoms with Crippen molar-refractivity contribution in [1.82, 2.24) is 19.4 Å². The van der Waals surface area contributed by atoms with Gasteiger partial charge in [-0.25, -0.2) is 4.79 Å². The third-order valence-electron chi connectivity index (χ3n) is 6.47. The van der Waals surface area contributed by atoms with Gasteiger partial charge in [-0.2, -0.15) is 0 Å². The lowest BCUT2D eigenvalue weighted by molar-refractivity contribution is -0.121. The standard InChI is InChI=1S/C26H33N5O3/c1-2-30-25(33)22-12-6-7-13-23(22)31(26(30)34)20-24(32)27-14-8-9-15-28-16-18-29(19-17-28)21-10-4-3-5-11-21/h3-7,10-13H,2,8-9,14-20H2,1H3,(H,27,32). The monoisotopic (exact) mass is 463 g/mol. The number of fused-ring (bicyclic) bond motifs is 1. The van der Waals surface area contributed by atoms with Gasteiger partial charge >= 0.3 is 5.69 Å². The molecule has 0 saturated carbocycles. The molecule has 0 spiro atoms. The molecule has 1 aromatic heterocycles. The van der Waals surface area contributed by atoms with E-state index in [1.54, 1.807) is 31.2 Å². The van der Waals surface area contributed by atoms with Crippen molar-refractivity contribution in [3.63, 3.8) is 0 Å². The second-order valence-corrected chi connectivity index (χ2v) is 8.66. The van der Waals surface area contributed by atoms with E-state index in [1.165, 1.54) is 14.8 Å². The molecule has 1 N–H and O–H groups in total. The predicted molar refractivity (Wildman–Crippen MR) is 135 cm³/mol. The molecule has 0 bridgehead atoms. The fraction of sp³-hybridized carbons (Fsp3) is 0.423. The van der Waals surface area contributed by atoms with Gasteiger partial charge in [-0.15, -0.1) is 0 Å². The first-order valence-electron chi connectivity index (χ1n) is 12.1. The molecule has 0 unspecified atom stereocenters. The van der Waals surface area contributed by atoms with Crippen molar-refractivity contribution >= 4 is 22.5 Å². The maximum atomic E-state index is 12.8. The number of anilines is 1. The zero-order valence-corrected chi connectivity index (χ0v) is 19.8. The molecule has 0 aliphatic carbocycles. The largest absolute Gasteiger partial charge is 0.369 e. The molecule has 1 fully saturated rings. The molecule has 8 nitrogen and oxygen atoms in total. The van der Waals surface area contributed by atoms with Gasteiger partial charge in [0.25, 0.3) is 5.56 Å². The van der Waals surface area contributed by atoms with Gasteiger partial charge in [0.05, 0.1) is 10.9 Å². The van der Waals surface area contributed by atoms with Gasteiger partial charge in [0, 0.05) is 45.0 Å². The van der Waals surface area contributed by atoms with E-state index in [9.17, 15) is 14.4 Å². The number of nitrogens with zero attached hydrogens (tertiary/aromatic N) is 4. The molecule has 4 rings (SSSR count). The van der Waals surface area contributed by atoms with Crippen LogP contribution < -0.4 is 21.5 Å². The molecule has 180 valence electrons. The Hall–Kier alpha value is -3.39. The highest BCUT2D eigenvalue weighted by atomic mass is 16.2. The normalized spacial score (nSPS) is 14.4. The topological polar surface area (TPSA) is 79.6 Å².